The van der Waals surface area contributed by atoms with Crippen LogP contribution in [0.3, 0.4) is 0 Å². The molecule has 34 heavy (non-hydrogen) atoms. The van der Waals surface area contributed by atoms with Gasteiger partial charge < -0.3 is 10.2 Å². The van der Waals surface area contributed by atoms with Gasteiger partial charge in [0.25, 0.3) is 0 Å². The van der Waals surface area contributed by atoms with Gasteiger partial charge in [-0.15, -0.1) is 0 Å². The summed E-state index contributed by atoms with van der Waals surface area (Å²) in [7, 11) is 0. The van der Waals surface area contributed by atoms with Gasteiger partial charge in [-0.25, -0.2) is 4.98 Å². The fourth-order valence-corrected chi connectivity index (χ4v) is 4.92. The molecule has 3 aromatic rings. The second-order valence-electron chi connectivity index (χ2n) is 9.74. The van der Waals surface area contributed by atoms with Crippen molar-refractivity contribution in [2.75, 3.05) is 18.4 Å². The lowest BCUT2D eigenvalue weighted by Crippen LogP contribution is -2.38. The van der Waals surface area contributed by atoms with Crippen LogP contribution < -0.4 is 5.32 Å². The maximum Gasteiger partial charge on any atom is 0.130 e. The Morgan fingerprint density at radius 2 is 1.94 bits per heavy atom. The van der Waals surface area contributed by atoms with Crippen molar-refractivity contribution in [3.63, 3.8) is 0 Å². The first-order chi connectivity index (χ1) is 16.5. The third-order valence-electron chi connectivity index (χ3n) is 7.06. The number of piperidine rings is 1. The topological polar surface area (TPSA) is 53.4 Å². The van der Waals surface area contributed by atoms with E-state index in [1.54, 1.807) is 0 Å². The molecule has 174 valence electrons. The molecule has 5 nitrogen and oxygen atoms in total. The van der Waals surface area contributed by atoms with Gasteiger partial charge in [0.2, 0.25) is 0 Å². The van der Waals surface area contributed by atoms with E-state index in [4.69, 9.17) is 0 Å². The number of aromatic nitrogens is 2. The SMILES string of the molecule is C=C(Nc1cc2cc(C3=CN=CC3)ccc2cn1)c1ccnc(CC2CCN(C(C)C)CC2)c1. The minimum absolute atomic E-state index is 0.640. The highest BCUT2D eigenvalue weighted by Gasteiger charge is 2.21. The van der Waals surface area contributed by atoms with Gasteiger partial charge in [0, 0.05) is 59.6 Å². The lowest BCUT2D eigenvalue weighted by molar-refractivity contribution is 0.149. The Bertz CT molecular complexity index is 1250. The summed E-state index contributed by atoms with van der Waals surface area (Å²) in [6.45, 7) is 11.2. The Hall–Kier alpha value is -3.31. The number of nitrogens with one attached hydrogen (secondary N) is 1. The minimum Gasteiger partial charge on any atom is -0.340 e. The van der Waals surface area contributed by atoms with Crippen LogP contribution in [-0.4, -0.2) is 40.2 Å². The van der Waals surface area contributed by atoms with Gasteiger partial charge in [0.15, 0.2) is 0 Å². The number of benzene rings is 1. The summed E-state index contributed by atoms with van der Waals surface area (Å²) in [4.78, 5) is 16.1. The number of aliphatic imine (C=N–C) groups is 1. The predicted molar refractivity (Wildman–Crippen MR) is 143 cm³/mol. The van der Waals surface area contributed by atoms with Crippen molar-refractivity contribution in [3.05, 3.63) is 78.4 Å². The van der Waals surface area contributed by atoms with Crippen LogP contribution >= 0.6 is 0 Å². The fourth-order valence-electron chi connectivity index (χ4n) is 4.92. The predicted octanol–water partition coefficient (Wildman–Crippen LogP) is 6.19. The lowest BCUT2D eigenvalue weighted by Gasteiger charge is -2.34. The molecule has 1 N–H and O–H groups in total. The van der Waals surface area contributed by atoms with E-state index in [2.05, 4.69) is 75.9 Å². The second-order valence-corrected chi connectivity index (χ2v) is 9.74. The number of pyridine rings is 2. The average molecular weight is 452 g/mol. The molecule has 1 saturated heterocycles. The lowest BCUT2D eigenvalue weighted by atomic mass is 9.91. The van der Waals surface area contributed by atoms with Crippen molar-refractivity contribution in [1.29, 1.82) is 0 Å². The van der Waals surface area contributed by atoms with Gasteiger partial charge in [-0.3, -0.25) is 9.98 Å². The van der Waals surface area contributed by atoms with E-state index in [1.807, 2.05) is 30.9 Å². The summed E-state index contributed by atoms with van der Waals surface area (Å²) >= 11 is 0. The van der Waals surface area contributed by atoms with E-state index in [1.165, 1.54) is 37.1 Å². The molecule has 0 spiro atoms. The molecular weight excluding hydrogens is 418 g/mol. The van der Waals surface area contributed by atoms with Gasteiger partial charge >= 0.3 is 0 Å². The van der Waals surface area contributed by atoms with Gasteiger partial charge in [0.1, 0.15) is 5.82 Å². The Balaban J connectivity index is 1.26. The van der Waals surface area contributed by atoms with E-state index < -0.39 is 0 Å². The molecule has 4 heterocycles. The average Bonchev–Trinajstić information content (AvgIpc) is 3.39. The molecule has 0 aliphatic carbocycles. The maximum absolute atomic E-state index is 4.65. The number of hydrogen-bond donors (Lipinski definition) is 1. The van der Waals surface area contributed by atoms with Crippen molar-refractivity contribution in [2.45, 2.75) is 45.6 Å². The molecule has 2 aliphatic rings. The van der Waals surface area contributed by atoms with E-state index in [0.29, 0.717) is 12.0 Å². The minimum atomic E-state index is 0.640. The first kappa shape index (κ1) is 22.5. The fraction of sp³-hybridized carbons (Fsp3) is 0.345. The van der Waals surface area contributed by atoms with Crippen LogP contribution in [0, 0.1) is 5.92 Å². The normalized spacial score (nSPS) is 16.9. The van der Waals surface area contributed by atoms with Crippen molar-refractivity contribution in [3.8, 4) is 0 Å². The summed E-state index contributed by atoms with van der Waals surface area (Å²) in [6, 6.07) is 13.4. The van der Waals surface area contributed by atoms with Gasteiger partial charge in [-0.2, -0.15) is 0 Å². The van der Waals surface area contributed by atoms with Crippen molar-refractivity contribution in [2.24, 2.45) is 10.9 Å². The monoisotopic (exact) mass is 451 g/mol. The first-order valence-corrected chi connectivity index (χ1v) is 12.3. The second kappa shape index (κ2) is 9.90. The number of allylic oxidation sites excluding steroid dienone is 1. The number of hydrogen-bond acceptors (Lipinski definition) is 5. The maximum atomic E-state index is 4.65. The standard InChI is InChI=1S/C29H33N5/c1-20(2)34-12-8-22(9-13-34)14-28-16-23(7-11-31-28)21(3)33-29-17-27-15-24(26-6-10-30-18-26)4-5-25(27)19-32-29/h4-5,7,10-11,15-20,22H,3,6,8-9,12-14H2,1-2H3,(H,32,33). The molecule has 0 unspecified atom stereocenters. The molecule has 0 atom stereocenters. The molecule has 0 saturated carbocycles. The Labute approximate surface area is 202 Å². The van der Waals surface area contributed by atoms with E-state index in [9.17, 15) is 0 Å². The van der Waals surface area contributed by atoms with Crippen LogP contribution in [0.5, 0.6) is 0 Å². The van der Waals surface area contributed by atoms with Crippen LogP contribution in [0.2, 0.25) is 0 Å². The summed E-state index contributed by atoms with van der Waals surface area (Å²) in [5.74, 6) is 1.50. The molecule has 2 aliphatic heterocycles. The quantitative estimate of drug-likeness (QED) is 0.465. The zero-order chi connectivity index (χ0) is 23.5. The summed E-state index contributed by atoms with van der Waals surface area (Å²) in [6.07, 6.45) is 12.1. The molecule has 1 aromatic carbocycles. The van der Waals surface area contributed by atoms with Crippen LogP contribution in [0.25, 0.3) is 22.0 Å². The molecule has 0 amide bonds. The molecule has 0 bridgehead atoms. The summed E-state index contributed by atoms with van der Waals surface area (Å²) in [5.41, 5.74) is 5.50. The largest absolute Gasteiger partial charge is 0.340 e. The Morgan fingerprint density at radius 1 is 1.09 bits per heavy atom. The van der Waals surface area contributed by atoms with Crippen molar-refractivity contribution < 1.29 is 0 Å². The van der Waals surface area contributed by atoms with E-state index >= 15 is 0 Å². The van der Waals surface area contributed by atoms with Gasteiger partial charge in [0.05, 0.1) is 0 Å². The van der Waals surface area contributed by atoms with E-state index in [-0.39, 0.29) is 0 Å². The van der Waals surface area contributed by atoms with Crippen molar-refractivity contribution in [1.82, 2.24) is 14.9 Å². The summed E-state index contributed by atoms with van der Waals surface area (Å²) < 4.78 is 0. The number of likely N-dealkylation sites (tertiary alicyclic amines) is 1. The third kappa shape index (κ3) is 5.10. The highest BCUT2D eigenvalue weighted by molar-refractivity contribution is 5.91. The van der Waals surface area contributed by atoms with Gasteiger partial charge in [-0.1, -0.05) is 18.7 Å². The number of rotatable bonds is 7. The summed E-state index contributed by atoms with van der Waals surface area (Å²) in [5, 5.41) is 5.68. The number of nitrogens with zero attached hydrogens (tertiary/aromatic N) is 4. The zero-order valence-corrected chi connectivity index (χ0v) is 20.2. The van der Waals surface area contributed by atoms with Gasteiger partial charge in [-0.05, 0) is 92.9 Å². The van der Waals surface area contributed by atoms with Crippen molar-refractivity contribution >= 4 is 34.1 Å². The molecule has 5 rings (SSSR count). The molecule has 5 heteroatoms. The molecular formula is C29H33N5. The number of fused-ring (bicyclic) bond motifs is 1. The van der Waals surface area contributed by atoms with Crippen LogP contribution in [0.4, 0.5) is 5.82 Å². The Morgan fingerprint density at radius 3 is 2.71 bits per heavy atom. The van der Waals surface area contributed by atoms with Crippen LogP contribution in [-0.2, 0) is 6.42 Å². The molecule has 1 fully saturated rings. The third-order valence-corrected chi connectivity index (χ3v) is 7.06. The Kier molecular flexibility index (Phi) is 6.54. The van der Waals surface area contributed by atoms with Crippen LogP contribution in [0.1, 0.15) is 49.9 Å². The first-order valence-electron chi connectivity index (χ1n) is 12.3. The highest BCUT2D eigenvalue weighted by atomic mass is 15.1. The number of anilines is 1. The zero-order valence-electron chi connectivity index (χ0n) is 20.2. The molecule has 0 radical (unpaired) electrons. The van der Waals surface area contributed by atoms with E-state index in [0.717, 1.165) is 46.4 Å². The highest BCUT2D eigenvalue weighted by Crippen LogP contribution is 2.27. The molecule has 2 aromatic heterocycles. The smallest absolute Gasteiger partial charge is 0.130 e. The van der Waals surface area contributed by atoms with Crippen LogP contribution in [0.15, 0.2) is 66.6 Å².